The Balaban J connectivity index is 2.34. The van der Waals surface area contributed by atoms with Crippen molar-refractivity contribution in [3.63, 3.8) is 0 Å². The number of unbranched alkanes of at least 4 members (excludes halogenated alkanes) is 2. The van der Waals surface area contributed by atoms with Crippen molar-refractivity contribution < 1.29 is 9.90 Å². The minimum atomic E-state index is 0.172. The Kier molecular flexibility index (Phi) is 6.73. The quantitative estimate of drug-likeness (QED) is 0.566. The van der Waals surface area contributed by atoms with Gasteiger partial charge in [0.1, 0.15) is 0 Å². The summed E-state index contributed by atoms with van der Waals surface area (Å²) in [5, 5.41) is 9.00. The second-order valence-electron chi connectivity index (χ2n) is 4.66. The van der Waals surface area contributed by atoms with Gasteiger partial charge >= 0.3 is 0 Å². The van der Waals surface area contributed by atoms with Gasteiger partial charge in [0.2, 0.25) is 5.91 Å². The Bertz CT molecular complexity index is 268. The van der Waals surface area contributed by atoms with Gasteiger partial charge in [0.25, 0.3) is 0 Å². The fraction of sp³-hybridized carbons (Fsp3) is 0.786. The molecular weight excluding hydrogens is 214 g/mol. The van der Waals surface area contributed by atoms with Gasteiger partial charge in [-0.2, -0.15) is 0 Å². The van der Waals surface area contributed by atoms with Crippen LogP contribution in [0.2, 0.25) is 0 Å². The second-order valence-corrected chi connectivity index (χ2v) is 4.66. The van der Waals surface area contributed by atoms with Crippen molar-refractivity contribution in [2.75, 3.05) is 13.2 Å². The minimum Gasteiger partial charge on any atom is -0.396 e. The Morgan fingerprint density at radius 1 is 1.41 bits per heavy atom. The maximum Gasteiger partial charge on any atom is 0.222 e. The maximum atomic E-state index is 12.0. The van der Waals surface area contributed by atoms with Gasteiger partial charge in [0.15, 0.2) is 0 Å². The summed E-state index contributed by atoms with van der Waals surface area (Å²) in [6.45, 7) is 1.03. The average molecular weight is 237 g/mol. The number of likely N-dealkylation sites (tertiary alicyclic amines) is 1. The Hall–Kier alpha value is -1.01. The molecule has 0 saturated carbocycles. The summed E-state index contributed by atoms with van der Waals surface area (Å²) in [6.07, 6.45) is 12.4. The molecule has 3 nitrogen and oxygen atoms in total. The lowest BCUT2D eigenvalue weighted by atomic mass is 9.99. The third-order valence-electron chi connectivity index (χ3n) is 3.37. The summed E-state index contributed by atoms with van der Waals surface area (Å²) in [5.41, 5.74) is 0. The fourth-order valence-corrected chi connectivity index (χ4v) is 2.42. The highest BCUT2D eigenvalue weighted by Crippen LogP contribution is 2.20. The van der Waals surface area contributed by atoms with Crippen molar-refractivity contribution in [3.8, 4) is 12.3 Å². The number of rotatable bonds is 6. The molecule has 1 saturated heterocycles. The summed E-state index contributed by atoms with van der Waals surface area (Å²) in [6, 6.07) is 0.258. The number of carbonyl (C=O) groups is 1. The van der Waals surface area contributed by atoms with Crippen LogP contribution in [-0.4, -0.2) is 35.1 Å². The topological polar surface area (TPSA) is 40.5 Å². The number of aliphatic hydroxyl groups excluding tert-OH is 1. The summed E-state index contributed by atoms with van der Waals surface area (Å²) in [4.78, 5) is 14.0. The largest absolute Gasteiger partial charge is 0.396 e. The van der Waals surface area contributed by atoms with E-state index >= 15 is 0 Å². The first-order valence-corrected chi connectivity index (χ1v) is 6.63. The Morgan fingerprint density at radius 2 is 2.24 bits per heavy atom. The van der Waals surface area contributed by atoms with Crippen LogP contribution < -0.4 is 0 Å². The standard InChI is InChI=1S/C14H23NO2/c1-2-3-4-5-9-14(17)15-11-7-6-8-13(15)10-12-16/h1,13,16H,3-12H2. The van der Waals surface area contributed by atoms with Crippen molar-refractivity contribution in [2.24, 2.45) is 0 Å². The van der Waals surface area contributed by atoms with Crippen LogP contribution in [0.15, 0.2) is 0 Å². The molecule has 1 unspecified atom stereocenters. The van der Waals surface area contributed by atoms with Crippen LogP contribution in [0.4, 0.5) is 0 Å². The Morgan fingerprint density at radius 3 is 2.94 bits per heavy atom. The molecule has 0 aromatic rings. The van der Waals surface area contributed by atoms with Crippen LogP contribution in [0.25, 0.3) is 0 Å². The predicted molar refractivity (Wildman–Crippen MR) is 68.4 cm³/mol. The van der Waals surface area contributed by atoms with E-state index < -0.39 is 0 Å². The molecule has 1 rings (SSSR count). The zero-order chi connectivity index (χ0) is 12.5. The van der Waals surface area contributed by atoms with Gasteiger partial charge in [-0.3, -0.25) is 4.79 Å². The van der Waals surface area contributed by atoms with Gasteiger partial charge in [-0.1, -0.05) is 0 Å². The highest BCUT2D eigenvalue weighted by molar-refractivity contribution is 5.76. The van der Waals surface area contributed by atoms with E-state index in [9.17, 15) is 4.79 Å². The number of hydrogen-bond donors (Lipinski definition) is 1. The van der Waals surface area contributed by atoms with Crippen LogP contribution >= 0.6 is 0 Å². The third kappa shape index (κ3) is 4.79. The van der Waals surface area contributed by atoms with E-state index in [1.807, 2.05) is 4.90 Å². The molecule has 1 heterocycles. The number of hydrogen-bond acceptors (Lipinski definition) is 2. The van der Waals surface area contributed by atoms with E-state index in [4.69, 9.17) is 11.5 Å². The SMILES string of the molecule is C#CCCCCC(=O)N1CCCCC1CCO. The lowest BCUT2D eigenvalue weighted by Gasteiger charge is -2.35. The summed E-state index contributed by atoms with van der Waals surface area (Å²) < 4.78 is 0. The molecule has 3 heteroatoms. The molecule has 0 aliphatic carbocycles. The molecule has 17 heavy (non-hydrogen) atoms. The third-order valence-corrected chi connectivity index (χ3v) is 3.37. The van der Waals surface area contributed by atoms with E-state index in [2.05, 4.69) is 5.92 Å². The first kappa shape index (κ1) is 14.1. The number of amides is 1. The van der Waals surface area contributed by atoms with E-state index in [0.717, 1.165) is 45.1 Å². The zero-order valence-corrected chi connectivity index (χ0v) is 10.5. The monoisotopic (exact) mass is 237 g/mol. The molecule has 0 aromatic heterocycles. The molecule has 96 valence electrons. The van der Waals surface area contributed by atoms with Crippen molar-refractivity contribution >= 4 is 5.91 Å². The molecular formula is C14H23NO2. The molecule has 1 atom stereocenters. The molecule has 1 amide bonds. The van der Waals surface area contributed by atoms with Crippen LogP contribution in [0.1, 0.15) is 51.4 Å². The van der Waals surface area contributed by atoms with Gasteiger partial charge in [-0.25, -0.2) is 0 Å². The predicted octanol–water partition coefficient (Wildman–Crippen LogP) is 1.94. The van der Waals surface area contributed by atoms with Crippen molar-refractivity contribution in [1.82, 2.24) is 4.90 Å². The van der Waals surface area contributed by atoms with Crippen LogP contribution in [0.3, 0.4) is 0 Å². The number of carbonyl (C=O) groups excluding carboxylic acids is 1. The van der Waals surface area contributed by atoms with E-state index in [-0.39, 0.29) is 18.6 Å². The van der Waals surface area contributed by atoms with Crippen molar-refractivity contribution in [1.29, 1.82) is 0 Å². The molecule has 1 aliphatic heterocycles. The maximum absolute atomic E-state index is 12.0. The fourth-order valence-electron chi connectivity index (χ4n) is 2.42. The normalized spacial score (nSPS) is 20.0. The van der Waals surface area contributed by atoms with Crippen molar-refractivity contribution in [3.05, 3.63) is 0 Å². The molecule has 1 N–H and O–H groups in total. The Labute approximate surface area is 104 Å². The number of nitrogens with zero attached hydrogens (tertiary/aromatic N) is 1. The number of terminal acetylenes is 1. The zero-order valence-electron chi connectivity index (χ0n) is 10.5. The average Bonchev–Trinajstić information content (AvgIpc) is 2.35. The highest BCUT2D eigenvalue weighted by atomic mass is 16.3. The van der Waals surface area contributed by atoms with Gasteiger partial charge in [0, 0.05) is 32.0 Å². The molecule has 1 fully saturated rings. The minimum absolute atomic E-state index is 0.172. The van der Waals surface area contributed by atoms with Crippen molar-refractivity contribution in [2.45, 2.75) is 57.4 Å². The van der Waals surface area contributed by atoms with Crippen LogP contribution in [0.5, 0.6) is 0 Å². The highest BCUT2D eigenvalue weighted by Gasteiger charge is 2.25. The lowest BCUT2D eigenvalue weighted by molar-refractivity contribution is -0.135. The van der Waals surface area contributed by atoms with E-state index in [1.54, 1.807) is 0 Å². The van der Waals surface area contributed by atoms with Gasteiger partial charge in [-0.15, -0.1) is 12.3 Å². The van der Waals surface area contributed by atoms with Gasteiger partial charge in [-0.05, 0) is 38.5 Å². The molecule has 0 spiro atoms. The van der Waals surface area contributed by atoms with Crippen LogP contribution in [-0.2, 0) is 4.79 Å². The lowest BCUT2D eigenvalue weighted by Crippen LogP contribution is -2.44. The van der Waals surface area contributed by atoms with Crippen LogP contribution in [0, 0.1) is 12.3 Å². The second kappa shape index (κ2) is 8.14. The summed E-state index contributed by atoms with van der Waals surface area (Å²) >= 11 is 0. The molecule has 0 aromatic carbocycles. The molecule has 0 bridgehead atoms. The first-order chi connectivity index (χ1) is 8.29. The van der Waals surface area contributed by atoms with E-state index in [1.165, 1.54) is 6.42 Å². The molecule has 0 radical (unpaired) electrons. The van der Waals surface area contributed by atoms with Gasteiger partial charge < -0.3 is 10.0 Å². The van der Waals surface area contributed by atoms with E-state index in [0.29, 0.717) is 6.42 Å². The smallest absolute Gasteiger partial charge is 0.222 e. The summed E-state index contributed by atoms with van der Waals surface area (Å²) in [7, 11) is 0. The molecule has 1 aliphatic rings. The summed E-state index contributed by atoms with van der Waals surface area (Å²) in [5.74, 6) is 2.83. The number of piperidine rings is 1. The first-order valence-electron chi connectivity index (χ1n) is 6.63. The number of aliphatic hydroxyl groups is 1. The van der Waals surface area contributed by atoms with Gasteiger partial charge in [0.05, 0.1) is 0 Å².